The highest BCUT2D eigenvalue weighted by molar-refractivity contribution is 9.11. The van der Waals surface area contributed by atoms with Crippen LogP contribution in [0.5, 0.6) is 11.5 Å². The third kappa shape index (κ3) is 1.39. The molecule has 0 bridgehead atoms. The minimum atomic E-state index is -0.668. The van der Waals surface area contributed by atoms with Gasteiger partial charge >= 0.3 is 5.97 Å². The van der Waals surface area contributed by atoms with Gasteiger partial charge in [-0.2, -0.15) is 0 Å². The smallest absolute Gasteiger partial charge is 0.352 e. The molecular formula is C6H5BrO4S. The summed E-state index contributed by atoms with van der Waals surface area (Å²) in [6, 6.07) is 0. The Balaban J connectivity index is 3.17. The highest BCUT2D eigenvalue weighted by atomic mass is 79.9. The Kier molecular flexibility index (Phi) is 2.58. The molecule has 1 rings (SSSR count). The Labute approximate surface area is 80.5 Å². The zero-order chi connectivity index (χ0) is 9.30. The Bertz CT molecular complexity index is 320. The van der Waals surface area contributed by atoms with E-state index in [4.69, 9.17) is 10.2 Å². The molecule has 0 aliphatic rings. The Morgan fingerprint density at radius 1 is 1.50 bits per heavy atom. The molecule has 0 saturated carbocycles. The lowest BCUT2D eigenvalue weighted by molar-refractivity contribution is 0.0603. The molecule has 4 nitrogen and oxygen atoms in total. The first kappa shape index (κ1) is 9.34. The Hall–Kier alpha value is -0.750. The standard InChI is InChI=1S/C6H5BrO4S/c1-11-6(10)4-2(8)3(9)5(7)12-4/h8-9H,1H3. The number of esters is 1. The fourth-order valence-corrected chi connectivity index (χ4v) is 2.02. The number of methoxy groups -OCH3 is 1. The lowest BCUT2D eigenvalue weighted by Crippen LogP contribution is -1.97. The first-order chi connectivity index (χ1) is 5.57. The Morgan fingerprint density at radius 3 is 2.42 bits per heavy atom. The molecule has 0 fully saturated rings. The van der Waals surface area contributed by atoms with Crippen molar-refractivity contribution in [1.82, 2.24) is 0 Å². The van der Waals surface area contributed by atoms with Gasteiger partial charge in [-0.25, -0.2) is 4.79 Å². The molecule has 0 radical (unpaired) electrons. The molecular weight excluding hydrogens is 248 g/mol. The summed E-state index contributed by atoms with van der Waals surface area (Å²) in [7, 11) is 1.20. The number of carbonyl (C=O) groups is 1. The summed E-state index contributed by atoms with van der Waals surface area (Å²) in [4.78, 5) is 10.9. The molecule has 0 atom stereocenters. The molecule has 0 aliphatic heterocycles. The van der Waals surface area contributed by atoms with Crippen LogP contribution in [0.3, 0.4) is 0 Å². The van der Waals surface area contributed by atoms with Crippen LogP contribution in [-0.4, -0.2) is 23.3 Å². The lowest BCUT2D eigenvalue weighted by Gasteiger charge is -1.94. The average molecular weight is 253 g/mol. The number of halogens is 1. The molecule has 0 saturated heterocycles. The van der Waals surface area contributed by atoms with Gasteiger partial charge in [0.25, 0.3) is 0 Å². The van der Waals surface area contributed by atoms with Crippen LogP contribution in [0.15, 0.2) is 3.79 Å². The number of thiophene rings is 1. The quantitative estimate of drug-likeness (QED) is 0.747. The van der Waals surface area contributed by atoms with Crippen LogP contribution >= 0.6 is 27.3 Å². The van der Waals surface area contributed by atoms with Crippen molar-refractivity contribution in [3.63, 3.8) is 0 Å². The van der Waals surface area contributed by atoms with Gasteiger partial charge in [-0.15, -0.1) is 11.3 Å². The van der Waals surface area contributed by atoms with Gasteiger partial charge in [-0.3, -0.25) is 0 Å². The van der Waals surface area contributed by atoms with Crippen molar-refractivity contribution >= 4 is 33.2 Å². The van der Waals surface area contributed by atoms with E-state index in [-0.39, 0.29) is 10.6 Å². The highest BCUT2D eigenvalue weighted by Crippen LogP contribution is 2.43. The summed E-state index contributed by atoms with van der Waals surface area (Å²) < 4.78 is 4.67. The van der Waals surface area contributed by atoms with Crippen LogP contribution in [0.4, 0.5) is 0 Å². The summed E-state index contributed by atoms with van der Waals surface area (Å²) in [5.41, 5.74) is 0. The average Bonchev–Trinajstić information content (AvgIpc) is 2.32. The molecule has 6 heteroatoms. The minimum Gasteiger partial charge on any atom is -0.503 e. The predicted octanol–water partition coefficient (Wildman–Crippen LogP) is 1.71. The molecule has 0 aliphatic carbocycles. The van der Waals surface area contributed by atoms with E-state index >= 15 is 0 Å². The van der Waals surface area contributed by atoms with E-state index in [2.05, 4.69) is 20.7 Å². The fourth-order valence-electron chi connectivity index (χ4n) is 0.618. The van der Waals surface area contributed by atoms with Gasteiger partial charge in [0, 0.05) is 0 Å². The van der Waals surface area contributed by atoms with Crippen molar-refractivity contribution in [1.29, 1.82) is 0 Å². The first-order valence-corrected chi connectivity index (χ1v) is 4.47. The molecule has 1 aromatic rings. The van der Waals surface area contributed by atoms with Gasteiger partial charge in [-0.1, -0.05) is 0 Å². The van der Waals surface area contributed by atoms with Gasteiger partial charge < -0.3 is 14.9 Å². The lowest BCUT2D eigenvalue weighted by atomic mass is 10.4. The Morgan fingerprint density at radius 2 is 2.08 bits per heavy atom. The van der Waals surface area contributed by atoms with Gasteiger partial charge in [0.1, 0.15) is 3.79 Å². The van der Waals surface area contributed by atoms with E-state index in [0.717, 1.165) is 11.3 Å². The number of aromatic hydroxyl groups is 2. The molecule has 1 aromatic heterocycles. The number of ether oxygens (including phenoxy) is 1. The number of carbonyl (C=O) groups excluding carboxylic acids is 1. The van der Waals surface area contributed by atoms with Crippen LogP contribution in [0.25, 0.3) is 0 Å². The van der Waals surface area contributed by atoms with Crippen molar-refractivity contribution in [2.45, 2.75) is 0 Å². The van der Waals surface area contributed by atoms with Crippen molar-refractivity contribution < 1.29 is 19.7 Å². The number of hydrogen-bond donors (Lipinski definition) is 2. The van der Waals surface area contributed by atoms with Gasteiger partial charge in [0.2, 0.25) is 0 Å². The van der Waals surface area contributed by atoms with E-state index in [1.807, 2.05) is 0 Å². The van der Waals surface area contributed by atoms with Crippen molar-refractivity contribution in [3.05, 3.63) is 8.66 Å². The summed E-state index contributed by atoms with van der Waals surface area (Å²) in [6.07, 6.45) is 0. The molecule has 0 amide bonds. The number of hydrogen-bond acceptors (Lipinski definition) is 5. The third-order valence-electron chi connectivity index (χ3n) is 1.19. The van der Waals surface area contributed by atoms with Crippen molar-refractivity contribution in [2.75, 3.05) is 7.11 Å². The van der Waals surface area contributed by atoms with Gasteiger partial charge in [0.05, 0.1) is 7.11 Å². The molecule has 12 heavy (non-hydrogen) atoms. The van der Waals surface area contributed by atoms with Crippen LogP contribution in [0.2, 0.25) is 0 Å². The molecule has 2 N–H and O–H groups in total. The summed E-state index contributed by atoms with van der Waals surface area (Å²) in [5, 5.41) is 18.2. The summed E-state index contributed by atoms with van der Waals surface area (Å²) >= 11 is 3.88. The van der Waals surface area contributed by atoms with Crippen molar-refractivity contribution in [3.8, 4) is 11.5 Å². The van der Waals surface area contributed by atoms with Crippen LogP contribution < -0.4 is 0 Å². The molecule has 1 heterocycles. The maximum Gasteiger partial charge on any atom is 0.352 e. The second kappa shape index (κ2) is 3.32. The summed E-state index contributed by atoms with van der Waals surface area (Å²) in [6.45, 7) is 0. The highest BCUT2D eigenvalue weighted by Gasteiger charge is 2.21. The monoisotopic (exact) mass is 252 g/mol. The van der Waals surface area contributed by atoms with E-state index in [9.17, 15) is 4.79 Å². The second-order valence-corrected chi connectivity index (χ2v) is 4.23. The summed E-state index contributed by atoms with van der Waals surface area (Å²) in [5.74, 6) is -1.45. The predicted molar refractivity (Wildman–Crippen MR) is 46.7 cm³/mol. The maximum atomic E-state index is 10.9. The normalized spacial score (nSPS) is 9.83. The van der Waals surface area contributed by atoms with E-state index < -0.39 is 11.7 Å². The van der Waals surface area contributed by atoms with Gasteiger partial charge in [-0.05, 0) is 15.9 Å². The van der Waals surface area contributed by atoms with Crippen LogP contribution in [0.1, 0.15) is 9.67 Å². The topological polar surface area (TPSA) is 66.8 Å². The first-order valence-electron chi connectivity index (χ1n) is 2.86. The fraction of sp³-hybridized carbons (Fsp3) is 0.167. The zero-order valence-electron chi connectivity index (χ0n) is 6.00. The van der Waals surface area contributed by atoms with Gasteiger partial charge in [0.15, 0.2) is 16.4 Å². The molecule has 66 valence electrons. The number of rotatable bonds is 1. The van der Waals surface area contributed by atoms with E-state index in [0.29, 0.717) is 3.79 Å². The molecule has 0 unspecified atom stereocenters. The minimum absolute atomic E-state index is 0.0122. The van der Waals surface area contributed by atoms with E-state index in [1.54, 1.807) is 0 Å². The zero-order valence-corrected chi connectivity index (χ0v) is 8.40. The molecule has 0 spiro atoms. The maximum absolute atomic E-state index is 10.9. The van der Waals surface area contributed by atoms with Crippen LogP contribution in [-0.2, 0) is 4.74 Å². The van der Waals surface area contributed by atoms with E-state index in [1.165, 1.54) is 7.11 Å². The SMILES string of the molecule is COC(=O)c1sc(Br)c(O)c1O. The second-order valence-electron chi connectivity index (χ2n) is 1.89. The molecule has 0 aromatic carbocycles. The van der Waals surface area contributed by atoms with Crippen LogP contribution in [0, 0.1) is 0 Å². The largest absolute Gasteiger partial charge is 0.503 e. The third-order valence-corrected chi connectivity index (χ3v) is 2.99. The van der Waals surface area contributed by atoms with Crippen molar-refractivity contribution in [2.24, 2.45) is 0 Å².